The molecule has 0 aliphatic rings. The highest BCUT2D eigenvalue weighted by Crippen LogP contribution is 1.87. The zero-order valence-electron chi connectivity index (χ0n) is 11.7. The standard InChI is InChI=1S/C13H29NO3/c1-4-5-8-15-9-6-14-7-10-16-11-12-17-13(2)3/h13-14H,4-12H2,1-3H3. The largest absolute Gasteiger partial charge is 0.380 e. The van der Waals surface area contributed by atoms with Crippen LogP contribution in [0.2, 0.25) is 0 Å². The first kappa shape index (κ1) is 16.8. The van der Waals surface area contributed by atoms with Gasteiger partial charge >= 0.3 is 0 Å². The van der Waals surface area contributed by atoms with Crippen LogP contribution in [0.3, 0.4) is 0 Å². The van der Waals surface area contributed by atoms with E-state index < -0.39 is 0 Å². The molecule has 0 amide bonds. The summed E-state index contributed by atoms with van der Waals surface area (Å²) in [4.78, 5) is 0. The molecule has 0 aliphatic heterocycles. The molecule has 0 bridgehead atoms. The second-order valence-corrected chi connectivity index (χ2v) is 4.25. The predicted octanol–water partition coefficient (Wildman–Crippen LogP) is 1.83. The second-order valence-electron chi connectivity index (χ2n) is 4.25. The maximum atomic E-state index is 5.42. The molecule has 4 heteroatoms. The summed E-state index contributed by atoms with van der Waals surface area (Å²) >= 11 is 0. The molecule has 4 nitrogen and oxygen atoms in total. The van der Waals surface area contributed by atoms with E-state index in [9.17, 15) is 0 Å². The topological polar surface area (TPSA) is 39.7 Å². The van der Waals surface area contributed by atoms with Crippen molar-refractivity contribution in [2.24, 2.45) is 0 Å². The summed E-state index contributed by atoms with van der Waals surface area (Å²) in [5.74, 6) is 0. The van der Waals surface area contributed by atoms with Gasteiger partial charge in [0.05, 0.1) is 32.5 Å². The molecule has 0 fully saturated rings. The minimum atomic E-state index is 0.289. The summed E-state index contributed by atoms with van der Waals surface area (Å²) in [6.07, 6.45) is 2.63. The van der Waals surface area contributed by atoms with E-state index in [0.717, 1.165) is 39.3 Å². The molecule has 0 aromatic heterocycles. The van der Waals surface area contributed by atoms with Gasteiger partial charge in [0, 0.05) is 19.7 Å². The van der Waals surface area contributed by atoms with Crippen LogP contribution in [0.15, 0.2) is 0 Å². The first-order valence-electron chi connectivity index (χ1n) is 6.75. The van der Waals surface area contributed by atoms with Crippen molar-refractivity contribution >= 4 is 0 Å². The van der Waals surface area contributed by atoms with E-state index in [4.69, 9.17) is 14.2 Å². The Labute approximate surface area is 106 Å². The number of unbranched alkanes of at least 4 members (excludes halogenated alkanes) is 1. The minimum Gasteiger partial charge on any atom is -0.380 e. The van der Waals surface area contributed by atoms with Crippen molar-refractivity contribution in [1.29, 1.82) is 0 Å². The maximum Gasteiger partial charge on any atom is 0.0703 e. The van der Waals surface area contributed by atoms with Gasteiger partial charge in [-0.25, -0.2) is 0 Å². The van der Waals surface area contributed by atoms with Crippen molar-refractivity contribution < 1.29 is 14.2 Å². The Kier molecular flexibility index (Phi) is 13.8. The summed E-state index contributed by atoms with van der Waals surface area (Å²) in [7, 11) is 0. The summed E-state index contributed by atoms with van der Waals surface area (Å²) in [5, 5.41) is 3.27. The molecule has 0 unspecified atom stereocenters. The Bertz CT molecular complexity index is 143. The van der Waals surface area contributed by atoms with E-state index in [0.29, 0.717) is 13.2 Å². The first-order chi connectivity index (χ1) is 8.27. The van der Waals surface area contributed by atoms with Crippen LogP contribution in [-0.2, 0) is 14.2 Å². The van der Waals surface area contributed by atoms with Gasteiger partial charge in [0.25, 0.3) is 0 Å². The average molecular weight is 247 g/mol. The fourth-order valence-corrected chi connectivity index (χ4v) is 1.21. The van der Waals surface area contributed by atoms with Crippen LogP contribution in [0.5, 0.6) is 0 Å². The lowest BCUT2D eigenvalue weighted by atomic mass is 10.4. The zero-order valence-corrected chi connectivity index (χ0v) is 11.7. The third kappa shape index (κ3) is 15.8. The number of hydrogen-bond acceptors (Lipinski definition) is 4. The SMILES string of the molecule is CCCCOCCNCCOCCOC(C)C. The molecule has 0 saturated carbocycles. The molecular weight excluding hydrogens is 218 g/mol. The second kappa shape index (κ2) is 13.9. The summed E-state index contributed by atoms with van der Waals surface area (Å²) < 4.78 is 16.2. The monoisotopic (exact) mass is 247 g/mol. The van der Waals surface area contributed by atoms with Crippen LogP contribution in [0.1, 0.15) is 33.6 Å². The fourth-order valence-electron chi connectivity index (χ4n) is 1.21. The first-order valence-corrected chi connectivity index (χ1v) is 6.75. The van der Waals surface area contributed by atoms with E-state index in [1.54, 1.807) is 0 Å². The number of rotatable bonds is 13. The molecule has 0 rings (SSSR count). The summed E-state index contributed by atoms with van der Waals surface area (Å²) in [5.41, 5.74) is 0. The Hall–Kier alpha value is -0.160. The molecule has 104 valence electrons. The minimum absolute atomic E-state index is 0.289. The lowest BCUT2D eigenvalue weighted by molar-refractivity contribution is 0.0201. The van der Waals surface area contributed by atoms with Crippen molar-refractivity contribution in [2.75, 3.05) is 46.1 Å². The molecule has 0 aromatic rings. The Balaban J connectivity index is 2.89. The van der Waals surface area contributed by atoms with Gasteiger partial charge in [-0.1, -0.05) is 13.3 Å². The summed E-state index contributed by atoms with van der Waals surface area (Å²) in [6, 6.07) is 0. The summed E-state index contributed by atoms with van der Waals surface area (Å²) in [6.45, 7) is 11.7. The quantitative estimate of drug-likeness (QED) is 0.504. The Morgan fingerprint density at radius 3 is 2.12 bits per heavy atom. The third-order valence-corrected chi connectivity index (χ3v) is 2.17. The normalized spacial score (nSPS) is 11.3. The molecule has 0 spiro atoms. The van der Waals surface area contributed by atoms with Crippen LogP contribution < -0.4 is 5.32 Å². The van der Waals surface area contributed by atoms with Gasteiger partial charge < -0.3 is 19.5 Å². The van der Waals surface area contributed by atoms with Crippen LogP contribution in [-0.4, -0.2) is 52.2 Å². The Morgan fingerprint density at radius 2 is 1.53 bits per heavy atom. The van der Waals surface area contributed by atoms with Gasteiger partial charge in [0.15, 0.2) is 0 Å². The maximum absolute atomic E-state index is 5.42. The molecule has 0 aromatic carbocycles. The lowest BCUT2D eigenvalue weighted by Crippen LogP contribution is -2.24. The molecule has 0 aliphatic carbocycles. The molecular formula is C13H29NO3. The van der Waals surface area contributed by atoms with Gasteiger partial charge in [-0.2, -0.15) is 0 Å². The van der Waals surface area contributed by atoms with Gasteiger partial charge in [-0.05, 0) is 20.3 Å². The lowest BCUT2D eigenvalue weighted by Gasteiger charge is -2.09. The molecule has 0 radical (unpaired) electrons. The van der Waals surface area contributed by atoms with Crippen molar-refractivity contribution in [1.82, 2.24) is 5.32 Å². The molecule has 17 heavy (non-hydrogen) atoms. The fraction of sp³-hybridized carbons (Fsp3) is 1.00. The predicted molar refractivity (Wildman–Crippen MR) is 70.5 cm³/mol. The molecule has 0 heterocycles. The zero-order chi connectivity index (χ0) is 12.8. The van der Waals surface area contributed by atoms with Crippen LogP contribution >= 0.6 is 0 Å². The third-order valence-electron chi connectivity index (χ3n) is 2.17. The highest BCUT2D eigenvalue weighted by Gasteiger charge is 1.93. The van der Waals surface area contributed by atoms with Crippen molar-refractivity contribution in [3.8, 4) is 0 Å². The highest BCUT2D eigenvalue weighted by atomic mass is 16.5. The molecule has 0 saturated heterocycles. The van der Waals surface area contributed by atoms with E-state index in [1.165, 1.54) is 6.42 Å². The van der Waals surface area contributed by atoms with Crippen LogP contribution in [0, 0.1) is 0 Å². The van der Waals surface area contributed by atoms with E-state index in [1.807, 2.05) is 13.8 Å². The van der Waals surface area contributed by atoms with Crippen molar-refractivity contribution in [3.05, 3.63) is 0 Å². The van der Waals surface area contributed by atoms with Crippen LogP contribution in [0.4, 0.5) is 0 Å². The van der Waals surface area contributed by atoms with Gasteiger partial charge in [0.1, 0.15) is 0 Å². The van der Waals surface area contributed by atoms with E-state index >= 15 is 0 Å². The molecule has 1 N–H and O–H groups in total. The average Bonchev–Trinajstić information content (AvgIpc) is 2.30. The molecule has 0 atom stereocenters. The smallest absolute Gasteiger partial charge is 0.0703 e. The Morgan fingerprint density at radius 1 is 0.882 bits per heavy atom. The highest BCUT2D eigenvalue weighted by molar-refractivity contribution is 4.45. The van der Waals surface area contributed by atoms with Crippen molar-refractivity contribution in [3.63, 3.8) is 0 Å². The van der Waals surface area contributed by atoms with E-state index in [2.05, 4.69) is 12.2 Å². The van der Waals surface area contributed by atoms with E-state index in [-0.39, 0.29) is 6.10 Å². The van der Waals surface area contributed by atoms with Gasteiger partial charge in [-0.15, -0.1) is 0 Å². The van der Waals surface area contributed by atoms with Gasteiger partial charge in [-0.3, -0.25) is 0 Å². The number of ether oxygens (including phenoxy) is 3. The van der Waals surface area contributed by atoms with Gasteiger partial charge in [0.2, 0.25) is 0 Å². The van der Waals surface area contributed by atoms with Crippen molar-refractivity contribution in [2.45, 2.75) is 39.7 Å². The number of hydrogen-bond donors (Lipinski definition) is 1. The number of nitrogens with one attached hydrogen (secondary N) is 1. The van der Waals surface area contributed by atoms with Crippen LogP contribution in [0.25, 0.3) is 0 Å².